The Labute approximate surface area is 118 Å². The highest BCUT2D eigenvalue weighted by Crippen LogP contribution is 2.24. The van der Waals surface area contributed by atoms with Crippen LogP contribution in [0, 0.1) is 11.8 Å². The second kappa shape index (κ2) is 8.23. The molecule has 0 radical (unpaired) electrons. The number of aliphatic hydroxyl groups excluding tert-OH is 1. The van der Waals surface area contributed by atoms with Crippen molar-refractivity contribution in [2.75, 3.05) is 32.7 Å². The van der Waals surface area contributed by atoms with E-state index in [-0.39, 0.29) is 6.10 Å². The lowest BCUT2D eigenvalue weighted by Gasteiger charge is -2.33. The molecule has 0 bridgehead atoms. The minimum Gasteiger partial charge on any atom is -0.393 e. The van der Waals surface area contributed by atoms with Gasteiger partial charge in [-0.25, -0.2) is 0 Å². The Morgan fingerprint density at radius 2 is 1.58 bits per heavy atom. The smallest absolute Gasteiger partial charge is 0.0564 e. The molecule has 3 aliphatic rings. The summed E-state index contributed by atoms with van der Waals surface area (Å²) in [5.41, 5.74) is 0. The van der Waals surface area contributed by atoms with Crippen LogP contribution in [-0.4, -0.2) is 48.8 Å². The molecule has 3 rings (SSSR count). The SMILES string of the molecule is CC1CCC1.OC1CCN(CC2CCNCC2)CC1. The van der Waals surface area contributed by atoms with Crippen molar-refractivity contribution < 1.29 is 5.11 Å². The van der Waals surface area contributed by atoms with Gasteiger partial charge in [0.1, 0.15) is 0 Å². The Morgan fingerprint density at radius 3 is 2.05 bits per heavy atom. The molecule has 2 aliphatic heterocycles. The lowest BCUT2D eigenvalue weighted by molar-refractivity contribution is 0.0717. The topological polar surface area (TPSA) is 35.5 Å². The first kappa shape index (κ1) is 15.3. The molecule has 0 aromatic rings. The van der Waals surface area contributed by atoms with E-state index >= 15 is 0 Å². The van der Waals surface area contributed by atoms with Crippen molar-refractivity contribution in [3.05, 3.63) is 0 Å². The van der Waals surface area contributed by atoms with E-state index in [1.807, 2.05) is 0 Å². The van der Waals surface area contributed by atoms with Crippen molar-refractivity contribution in [3.63, 3.8) is 0 Å². The van der Waals surface area contributed by atoms with E-state index in [4.69, 9.17) is 0 Å². The molecular formula is C16H32N2O. The molecule has 0 aromatic heterocycles. The molecule has 2 N–H and O–H groups in total. The maximum absolute atomic E-state index is 9.40. The van der Waals surface area contributed by atoms with Crippen LogP contribution in [0.5, 0.6) is 0 Å². The molecule has 0 unspecified atom stereocenters. The zero-order valence-electron chi connectivity index (χ0n) is 12.6. The first-order valence-electron chi connectivity index (χ1n) is 8.35. The van der Waals surface area contributed by atoms with Gasteiger partial charge in [0.15, 0.2) is 0 Å². The van der Waals surface area contributed by atoms with Crippen LogP contribution in [-0.2, 0) is 0 Å². The molecule has 1 aliphatic carbocycles. The van der Waals surface area contributed by atoms with Crippen LogP contribution in [0.4, 0.5) is 0 Å². The van der Waals surface area contributed by atoms with E-state index in [0.717, 1.165) is 37.8 Å². The summed E-state index contributed by atoms with van der Waals surface area (Å²) in [6, 6.07) is 0. The molecule has 0 aromatic carbocycles. The zero-order chi connectivity index (χ0) is 13.5. The Hall–Kier alpha value is -0.120. The van der Waals surface area contributed by atoms with Gasteiger partial charge >= 0.3 is 0 Å². The monoisotopic (exact) mass is 268 g/mol. The summed E-state index contributed by atoms with van der Waals surface area (Å²) in [4.78, 5) is 2.53. The van der Waals surface area contributed by atoms with Gasteiger partial charge in [0.05, 0.1) is 6.10 Å². The fourth-order valence-corrected chi connectivity index (χ4v) is 3.14. The van der Waals surface area contributed by atoms with Gasteiger partial charge in [-0.2, -0.15) is 0 Å². The van der Waals surface area contributed by atoms with Crippen LogP contribution < -0.4 is 5.32 Å². The van der Waals surface area contributed by atoms with Crippen molar-refractivity contribution >= 4 is 0 Å². The van der Waals surface area contributed by atoms with Gasteiger partial charge in [-0.3, -0.25) is 0 Å². The molecule has 2 heterocycles. The minimum atomic E-state index is -0.0285. The molecule has 2 saturated heterocycles. The molecule has 0 spiro atoms. The summed E-state index contributed by atoms with van der Waals surface area (Å²) in [6.07, 6.45) is 9.05. The second-order valence-electron chi connectivity index (χ2n) is 6.76. The average molecular weight is 268 g/mol. The summed E-state index contributed by atoms with van der Waals surface area (Å²) < 4.78 is 0. The Balaban J connectivity index is 0.000000224. The Morgan fingerprint density at radius 1 is 1.00 bits per heavy atom. The van der Waals surface area contributed by atoms with Gasteiger partial charge < -0.3 is 15.3 Å². The second-order valence-corrected chi connectivity index (χ2v) is 6.76. The number of nitrogens with zero attached hydrogens (tertiary/aromatic N) is 1. The summed E-state index contributed by atoms with van der Waals surface area (Å²) in [5.74, 6) is 1.96. The van der Waals surface area contributed by atoms with E-state index in [2.05, 4.69) is 17.1 Å². The van der Waals surface area contributed by atoms with Crippen molar-refractivity contribution in [2.45, 2.75) is 58.0 Å². The predicted molar refractivity (Wildman–Crippen MR) is 80.3 cm³/mol. The standard InChI is InChI=1S/C11H22N2O.C5H10/c14-11-3-7-13(8-4-11)9-10-1-5-12-6-2-10;1-5-3-2-4-5/h10-12,14H,1-9H2;5H,2-4H2,1H3. The van der Waals surface area contributed by atoms with Crippen LogP contribution >= 0.6 is 0 Å². The van der Waals surface area contributed by atoms with Crippen LogP contribution in [0.15, 0.2) is 0 Å². The molecule has 0 atom stereocenters. The normalized spacial score (nSPS) is 27.5. The van der Waals surface area contributed by atoms with E-state index < -0.39 is 0 Å². The third kappa shape index (κ3) is 5.80. The summed E-state index contributed by atoms with van der Waals surface area (Å²) in [7, 11) is 0. The fraction of sp³-hybridized carbons (Fsp3) is 1.00. The lowest BCUT2D eigenvalue weighted by atomic mass is 9.88. The number of nitrogens with one attached hydrogen (secondary N) is 1. The Bertz CT molecular complexity index is 229. The van der Waals surface area contributed by atoms with Gasteiger partial charge in [-0.15, -0.1) is 0 Å². The largest absolute Gasteiger partial charge is 0.393 e. The number of rotatable bonds is 2. The number of piperidine rings is 2. The fourth-order valence-electron chi connectivity index (χ4n) is 3.14. The summed E-state index contributed by atoms with van der Waals surface area (Å²) in [5, 5.41) is 12.8. The van der Waals surface area contributed by atoms with Crippen LogP contribution in [0.25, 0.3) is 0 Å². The predicted octanol–water partition coefficient (Wildman–Crippen LogP) is 2.25. The maximum atomic E-state index is 9.40. The Kier molecular flexibility index (Phi) is 6.62. The lowest BCUT2D eigenvalue weighted by Crippen LogP contribution is -2.41. The van der Waals surface area contributed by atoms with Gasteiger partial charge in [0, 0.05) is 19.6 Å². The van der Waals surface area contributed by atoms with Crippen LogP contribution in [0.2, 0.25) is 0 Å². The highest BCUT2D eigenvalue weighted by molar-refractivity contribution is 4.76. The molecule has 3 nitrogen and oxygen atoms in total. The highest BCUT2D eigenvalue weighted by Gasteiger charge is 2.21. The zero-order valence-corrected chi connectivity index (χ0v) is 12.6. The third-order valence-corrected chi connectivity index (χ3v) is 4.93. The first-order chi connectivity index (χ1) is 9.24. The molecule has 3 heteroatoms. The van der Waals surface area contributed by atoms with Crippen molar-refractivity contribution in [3.8, 4) is 0 Å². The van der Waals surface area contributed by atoms with Crippen LogP contribution in [0.1, 0.15) is 51.9 Å². The number of likely N-dealkylation sites (tertiary alicyclic amines) is 1. The third-order valence-electron chi connectivity index (χ3n) is 4.93. The van der Waals surface area contributed by atoms with E-state index in [9.17, 15) is 5.11 Å². The molecule has 0 amide bonds. The van der Waals surface area contributed by atoms with Gasteiger partial charge in [0.2, 0.25) is 0 Å². The summed E-state index contributed by atoms with van der Waals surface area (Å²) >= 11 is 0. The van der Waals surface area contributed by atoms with Crippen molar-refractivity contribution in [2.24, 2.45) is 11.8 Å². The van der Waals surface area contributed by atoms with Crippen LogP contribution in [0.3, 0.4) is 0 Å². The highest BCUT2D eigenvalue weighted by atomic mass is 16.3. The minimum absolute atomic E-state index is 0.0285. The molecule has 112 valence electrons. The van der Waals surface area contributed by atoms with Crippen molar-refractivity contribution in [1.82, 2.24) is 10.2 Å². The molecule has 1 saturated carbocycles. The average Bonchev–Trinajstić information content (AvgIpc) is 2.41. The van der Waals surface area contributed by atoms with E-state index in [1.165, 1.54) is 51.7 Å². The molecular weight excluding hydrogens is 236 g/mol. The van der Waals surface area contributed by atoms with Gasteiger partial charge in [0.25, 0.3) is 0 Å². The number of aliphatic hydroxyl groups is 1. The first-order valence-corrected chi connectivity index (χ1v) is 8.35. The molecule has 3 fully saturated rings. The van der Waals surface area contributed by atoms with Crippen molar-refractivity contribution in [1.29, 1.82) is 0 Å². The molecule has 19 heavy (non-hydrogen) atoms. The van der Waals surface area contributed by atoms with E-state index in [1.54, 1.807) is 0 Å². The van der Waals surface area contributed by atoms with E-state index in [0.29, 0.717) is 0 Å². The number of hydrogen-bond acceptors (Lipinski definition) is 3. The van der Waals surface area contributed by atoms with Gasteiger partial charge in [-0.1, -0.05) is 26.2 Å². The summed E-state index contributed by atoms with van der Waals surface area (Å²) in [6.45, 7) is 8.16. The quantitative estimate of drug-likeness (QED) is 0.806. The van der Waals surface area contributed by atoms with Gasteiger partial charge in [-0.05, 0) is 50.6 Å². The number of hydrogen-bond donors (Lipinski definition) is 2. The maximum Gasteiger partial charge on any atom is 0.0564 e.